The van der Waals surface area contributed by atoms with Crippen LogP contribution in [-0.4, -0.2) is 24.8 Å². The Balaban J connectivity index is 1.39. The number of thioether (sulfide) groups is 1. The third-order valence-electron chi connectivity index (χ3n) is 3.80. The Bertz CT molecular complexity index is 846. The van der Waals surface area contributed by atoms with Gasteiger partial charge in [0.15, 0.2) is 6.61 Å². The van der Waals surface area contributed by atoms with Gasteiger partial charge >= 0.3 is 0 Å². The molecule has 0 bridgehead atoms. The van der Waals surface area contributed by atoms with Gasteiger partial charge < -0.3 is 10.1 Å². The van der Waals surface area contributed by atoms with E-state index >= 15 is 0 Å². The smallest absolute Gasteiger partial charge is 0.257 e. The van der Waals surface area contributed by atoms with Crippen LogP contribution in [0, 0.1) is 6.92 Å². The number of amides is 1. The largest absolute Gasteiger partial charge is 0.484 e. The number of carbonyl (C=O) groups excluding carboxylic acids is 1. The van der Waals surface area contributed by atoms with Crippen molar-refractivity contribution in [3.05, 3.63) is 72.3 Å². The third-order valence-corrected chi connectivity index (χ3v) is 4.82. The van der Waals surface area contributed by atoms with E-state index in [1.165, 1.54) is 10.5 Å². The van der Waals surface area contributed by atoms with Crippen LogP contribution in [0.15, 0.2) is 71.6 Å². The number of rotatable bonds is 7. The second kappa shape index (κ2) is 8.58. The summed E-state index contributed by atoms with van der Waals surface area (Å²) in [5, 5.41) is 5.15. The molecule has 128 valence electrons. The number of nitrogens with one attached hydrogen (secondary N) is 1. The van der Waals surface area contributed by atoms with E-state index in [0.717, 1.165) is 16.5 Å². The molecule has 3 nitrogen and oxygen atoms in total. The first kappa shape index (κ1) is 17.4. The highest BCUT2D eigenvalue weighted by atomic mass is 32.2. The minimum Gasteiger partial charge on any atom is -0.484 e. The van der Waals surface area contributed by atoms with Crippen molar-refractivity contribution in [2.75, 3.05) is 18.9 Å². The van der Waals surface area contributed by atoms with E-state index in [0.29, 0.717) is 12.3 Å². The molecule has 0 aliphatic carbocycles. The number of aryl methyl sites for hydroxylation is 1. The van der Waals surface area contributed by atoms with Gasteiger partial charge in [-0.3, -0.25) is 4.79 Å². The zero-order valence-electron chi connectivity index (χ0n) is 14.2. The molecule has 25 heavy (non-hydrogen) atoms. The highest BCUT2D eigenvalue weighted by molar-refractivity contribution is 7.99. The molecular weight excluding hydrogens is 330 g/mol. The fraction of sp³-hybridized carbons (Fsp3) is 0.190. The van der Waals surface area contributed by atoms with Crippen molar-refractivity contribution >= 4 is 28.4 Å². The van der Waals surface area contributed by atoms with Gasteiger partial charge in [-0.1, -0.05) is 48.0 Å². The Morgan fingerprint density at radius 1 is 1.00 bits per heavy atom. The van der Waals surface area contributed by atoms with Crippen LogP contribution < -0.4 is 10.1 Å². The fourth-order valence-corrected chi connectivity index (χ4v) is 3.22. The van der Waals surface area contributed by atoms with Crippen LogP contribution in [0.4, 0.5) is 0 Å². The van der Waals surface area contributed by atoms with E-state index in [1.807, 2.05) is 36.4 Å². The van der Waals surface area contributed by atoms with E-state index < -0.39 is 0 Å². The molecule has 0 saturated heterocycles. The maximum absolute atomic E-state index is 11.9. The van der Waals surface area contributed by atoms with Gasteiger partial charge in [-0.2, -0.15) is 0 Å². The number of ether oxygens (including phenoxy) is 1. The summed E-state index contributed by atoms with van der Waals surface area (Å²) >= 11 is 1.73. The molecule has 3 aromatic carbocycles. The van der Waals surface area contributed by atoms with Crippen molar-refractivity contribution in [3.8, 4) is 5.75 Å². The van der Waals surface area contributed by atoms with Crippen LogP contribution in [0.25, 0.3) is 10.8 Å². The Hall–Kier alpha value is -2.46. The summed E-state index contributed by atoms with van der Waals surface area (Å²) in [6, 6.07) is 22.3. The van der Waals surface area contributed by atoms with Crippen molar-refractivity contribution in [3.63, 3.8) is 0 Å². The third kappa shape index (κ3) is 5.26. The van der Waals surface area contributed by atoms with Crippen molar-refractivity contribution in [1.29, 1.82) is 0 Å². The summed E-state index contributed by atoms with van der Waals surface area (Å²) in [6.45, 7) is 2.73. The highest BCUT2D eigenvalue weighted by Crippen LogP contribution is 2.20. The predicted molar refractivity (Wildman–Crippen MR) is 104 cm³/mol. The molecule has 0 atom stereocenters. The molecule has 3 aromatic rings. The first-order valence-electron chi connectivity index (χ1n) is 8.28. The molecular formula is C21H21NO2S. The zero-order chi connectivity index (χ0) is 17.5. The second-order valence-electron chi connectivity index (χ2n) is 5.81. The zero-order valence-corrected chi connectivity index (χ0v) is 15.0. The molecule has 1 N–H and O–H groups in total. The SMILES string of the molecule is Cc1ccc(SCCNC(=O)COc2ccc3ccccc3c2)cc1. The van der Waals surface area contributed by atoms with E-state index in [2.05, 4.69) is 42.6 Å². The average Bonchev–Trinajstić information content (AvgIpc) is 2.65. The van der Waals surface area contributed by atoms with E-state index in [9.17, 15) is 4.79 Å². The van der Waals surface area contributed by atoms with Crippen LogP contribution in [0.2, 0.25) is 0 Å². The van der Waals surface area contributed by atoms with Gasteiger partial charge in [-0.15, -0.1) is 11.8 Å². The van der Waals surface area contributed by atoms with E-state index in [4.69, 9.17) is 4.74 Å². The Morgan fingerprint density at radius 3 is 2.56 bits per heavy atom. The van der Waals surface area contributed by atoms with Crippen LogP contribution in [0.3, 0.4) is 0 Å². The monoisotopic (exact) mass is 351 g/mol. The molecule has 0 heterocycles. The molecule has 0 fully saturated rings. The molecule has 0 radical (unpaired) electrons. The van der Waals surface area contributed by atoms with Gasteiger partial charge in [0, 0.05) is 17.2 Å². The lowest BCUT2D eigenvalue weighted by Crippen LogP contribution is -2.30. The minimum atomic E-state index is -0.0994. The number of fused-ring (bicyclic) bond motifs is 1. The van der Waals surface area contributed by atoms with Gasteiger partial charge in [0.1, 0.15) is 5.75 Å². The van der Waals surface area contributed by atoms with Crippen LogP contribution in [0.1, 0.15) is 5.56 Å². The van der Waals surface area contributed by atoms with Crippen molar-refractivity contribution in [2.45, 2.75) is 11.8 Å². The summed E-state index contributed by atoms with van der Waals surface area (Å²) < 4.78 is 5.59. The summed E-state index contributed by atoms with van der Waals surface area (Å²) in [5.41, 5.74) is 1.25. The van der Waals surface area contributed by atoms with Gasteiger partial charge in [-0.05, 0) is 42.0 Å². The number of benzene rings is 3. The standard InChI is InChI=1S/C21H21NO2S/c1-16-6-10-20(11-7-16)25-13-12-22-21(23)15-24-19-9-8-17-4-2-3-5-18(17)14-19/h2-11,14H,12-13,15H2,1H3,(H,22,23). The lowest BCUT2D eigenvalue weighted by molar-refractivity contribution is -0.122. The van der Waals surface area contributed by atoms with Crippen LogP contribution in [0.5, 0.6) is 5.75 Å². The maximum atomic E-state index is 11.9. The van der Waals surface area contributed by atoms with Crippen molar-refractivity contribution in [1.82, 2.24) is 5.32 Å². The quantitative estimate of drug-likeness (QED) is 0.505. The second-order valence-corrected chi connectivity index (χ2v) is 6.98. The normalized spacial score (nSPS) is 10.6. The van der Waals surface area contributed by atoms with Gasteiger partial charge in [0.2, 0.25) is 0 Å². The predicted octanol–water partition coefficient (Wildman–Crippen LogP) is 4.44. The molecule has 4 heteroatoms. The number of hydrogen-bond acceptors (Lipinski definition) is 3. The summed E-state index contributed by atoms with van der Waals surface area (Å²) in [7, 11) is 0. The fourth-order valence-electron chi connectivity index (χ4n) is 2.45. The Kier molecular flexibility index (Phi) is 5.96. The summed E-state index contributed by atoms with van der Waals surface area (Å²) in [5.74, 6) is 1.45. The lowest BCUT2D eigenvalue weighted by atomic mass is 10.1. The molecule has 0 spiro atoms. The summed E-state index contributed by atoms with van der Waals surface area (Å²) in [4.78, 5) is 13.1. The van der Waals surface area contributed by atoms with Crippen LogP contribution >= 0.6 is 11.8 Å². The molecule has 0 aliphatic heterocycles. The topological polar surface area (TPSA) is 38.3 Å². The highest BCUT2D eigenvalue weighted by Gasteiger charge is 2.03. The van der Waals surface area contributed by atoms with Gasteiger partial charge in [0.05, 0.1) is 0 Å². The maximum Gasteiger partial charge on any atom is 0.257 e. The molecule has 1 amide bonds. The summed E-state index contributed by atoms with van der Waals surface area (Å²) in [6.07, 6.45) is 0. The van der Waals surface area contributed by atoms with Crippen molar-refractivity contribution in [2.24, 2.45) is 0 Å². The lowest BCUT2D eigenvalue weighted by Gasteiger charge is -2.08. The molecule has 0 saturated carbocycles. The average molecular weight is 351 g/mol. The Labute approximate surface area is 152 Å². The van der Waals surface area contributed by atoms with Crippen LogP contribution in [-0.2, 0) is 4.79 Å². The number of carbonyl (C=O) groups is 1. The Morgan fingerprint density at radius 2 is 1.76 bits per heavy atom. The first-order chi connectivity index (χ1) is 12.2. The minimum absolute atomic E-state index is 0.0353. The van der Waals surface area contributed by atoms with Crippen molar-refractivity contribution < 1.29 is 9.53 Å². The van der Waals surface area contributed by atoms with Gasteiger partial charge in [-0.25, -0.2) is 0 Å². The van der Waals surface area contributed by atoms with E-state index in [1.54, 1.807) is 11.8 Å². The first-order valence-corrected chi connectivity index (χ1v) is 9.27. The molecule has 0 aliphatic rings. The van der Waals surface area contributed by atoms with Gasteiger partial charge in [0.25, 0.3) is 5.91 Å². The number of hydrogen-bond donors (Lipinski definition) is 1. The molecule has 0 unspecified atom stereocenters. The molecule has 0 aromatic heterocycles. The van der Waals surface area contributed by atoms with E-state index in [-0.39, 0.29) is 12.5 Å². The molecule has 3 rings (SSSR count).